The number of rotatable bonds is 7. The molecule has 13 heavy (non-hydrogen) atoms. The molecule has 1 rings (SSSR count). The van der Waals surface area contributed by atoms with Crippen molar-refractivity contribution < 1.29 is 9.84 Å². The second-order valence-electron chi connectivity index (χ2n) is 4.16. The van der Waals surface area contributed by atoms with Gasteiger partial charge in [0.25, 0.3) is 0 Å². The van der Waals surface area contributed by atoms with Gasteiger partial charge in [-0.3, -0.25) is 0 Å². The van der Waals surface area contributed by atoms with Gasteiger partial charge in [0.1, 0.15) is 0 Å². The fourth-order valence-corrected chi connectivity index (χ4v) is 1.89. The Hall–Kier alpha value is -0.0800. The van der Waals surface area contributed by atoms with E-state index in [1.165, 1.54) is 12.8 Å². The summed E-state index contributed by atoms with van der Waals surface area (Å²) >= 11 is 0. The monoisotopic (exact) mass is 186 g/mol. The highest BCUT2D eigenvalue weighted by Crippen LogP contribution is 2.48. The van der Waals surface area contributed by atoms with Crippen molar-refractivity contribution in [2.24, 2.45) is 5.92 Å². The van der Waals surface area contributed by atoms with E-state index < -0.39 is 0 Å². The van der Waals surface area contributed by atoms with E-state index in [1.807, 2.05) is 0 Å². The van der Waals surface area contributed by atoms with Gasteiger partial charge < -0.3 is 9.84 Å². The number of hydrogen-bond acceptors (Lipinski definition) is 2. The Morgan fingerprint density at radius 3 is 2.69 bits per heavy atom. The van der Waals surface area contributed by atoms with Crippen LogP contribution in [0.2, 0.25) is 0 Å². The van der Waals surface area contributed by atoms with Crippen LogP contribution < -0.4 is 0 Å². The third kappa shape index (κ3) is 3.28. The summed E-state index contributed by atoms with van der Waals surface area (Å²) in [4.78, 5) is 0. The van der Waals surface area contributed by atoms with Gasteiger partial charge in [0, 0.05) is 13.2 Å². The quantitative estimate of drug-likeness (QED) is 0.618. The van der Waals surface area contributed by atoms with Gasteiger partial charge in [-0.05, 0) is 31.6 Å². The second kappa shape index (κ2) is 4.97. The van der Waals surface area contributed by atoms with Crippen molar-refractivity contribution in [2.45, 2.75) is 51.6 Å². The van der Waals surface area contributed by atoms with Crippen molar-refractivity contribution in [3.63, 3.8) is 0 Å². The average molecular weight is 186 g/mol. The minimum absolute atomic E-state index is 0.357. The zero-order chi connectivity index (χ0) is 9.73. The highest BCUT2D eigenvalue weighted by atomic mass is 16.5. The van der Waals surface area contributed by atoms with Crippen LogP contribution >= 0.6 is 0 Å². The largest absolute Gasteiger partial charge is 0.389 e. The summed E-state index contributed by atoms with van der Waals surface area (Å²) < 4.78 is 5.37. The van der Waals surface area contributed by atoms with E-state index >= 15 is 0 Å². The van der Waals surface area contributed by atoms with Crippen LogP contribution in [0.5, 0.6) is 0 Å². The van der Waals surface area contributed by atoms with Crippen LogP contribution in [0.4, 0.5) is 0 Å². The Kier molecular flexibility index (Phi) is 4.20. The third-order valence-corrected chi connectivity index (χ3v) is 2.86. The molecule has 0 amide bonds. The first kappa shape index (κ1) is 11.0. The molecule has 0 radical (unpaired) electrons. The molecule has 0 spiro atoms. The van der Waals surface area contributed by atoms with Gasteiger partial charge in [0.2, 0.25) is 0 Å². The van der Waals surface area contributed by atoms with Crippen molar-refractivity contribution in [3.05, 3.63) is 0 Å². The van der Waals surface area contributed by atoms with Gasteiger partial charge in [-0.25, -0.2) is 0 Å². The molecule has 0 heterocycles. The lowest BCUT2D eigenvalue weighted by Gasteiger charge is -2.09. The van der Waals surface area contributed by atoms with Gasteiger partial charge in [-0.2, -0.15) is 0 Å². The van der Waals surface area contributed by atoms with Crippen molar-refractivity contribution in [1.29, 1.82) is 0 Å². The molecule has 0 aromatic heterocycles. The van der Waals surface area contributed by atoms with Crippen LogP contribution in [0.15, 0.2) is 0 Å². The van der Waals surface area contributed by atoms with Crippen molar-refractivity contribution in [2.75, 3.05) is 13.2 Å². The summed E-state index contributed by atoms with van der Waals surface area (Å²) in [7, 11) is 0. The summed E-state index contributed by atoms with van der Waals surface area (Å²) in [6.07, 6.45) is 5.25. The fourth-order valence-electron chi connectivity index (χ4n) is 1.89. The number of ether oxygens (including phenoxy) is 1. The fraction of sp³-hybridized carbons (Fsp3) is 1.00. The van der Waals surface area contributed by atoms with E-state index in [0.717, 1.165) is 32.5 Å². The summed E-state index contributed by atoms with van der Waals surface area (Å²) in [5, 5.41) is 9.94. The Morgan fingerprint density at radius 1 is 1.31 bits per heavy atom. The minimum atomic E-state index is -0.357. The topological polar surface area (TPSA) is 29.5 Å². The lowest BCUT2D eigenvalue weighted by molar-refractivity contribution is 0.0591. The molecular weight excluding hydrogens is 164 g/mol. The maximum absolute atomic E-state index is 9.94. The predicted molar refractivity (Wildman–Crippen MR) is 53.7 cm³/mol. The molecule has 1 fully saturated rings. The molecule has 1 saturated carbocycles. The van der Waals surface area contributed by atoms with Gasteiger partial charge in [-0.15, -0.1) is 0 Å². The molecule has 0 aliphatic heterocycles. The number of hydrogen-bond donors (Lipinski definition) is 1. The molecule has 0 bridgehead atoms. The molecule has 0 aromatic rings. The van der Waals surface area contributed by atoms with Crippen LogP contribution in [0.25, 0.3) is 0 Å². The van der Waals surface area contributed by atoms with Crippen molar-refractivity contribution >= 4 is 0 Å². The first-order valence-electron chi connectivity index (χ1n) is 5.53. The Bertz CT molecular complexity index is 147. The number of aliphatic hydroxyl groups is 1. The Labute approximate surface area is 81.3 Å². The molecule has 0 saturated heterocycles. The van der Waals surface area contributed by atoms with Crippen LogP contribution in [0.1, 0.15) is 46.0 Å². The molecular formula is C11H22O2. The first-order chi connectivity index (χ1) is 6.23. The Balaban J connectivity index is 2.02. The maximum Gasteiger partial charge on any atom is 0.0702 e. The van der Waals surface area contributed by atoms with Gasteiger partial charge in [0.05, 0.1) is 5.60 Å². The first-order valence-corrected chi connectivity index (χ1v) is 5.53. The molecule has 0 aromatic carbocycles. The van der Waals surface area contributed by atoms with Crippen LogP contribution in [0, 0.1) is 5.92 Å². The van der Waals surface area contributed by atoms with Crippen LogP contribution in [0.3, 0.4) is 0 Å². The van der Waals surface area contributed by atoms with E-state index in [4.69, 9.17) is 4.74 Å². The Morgan fingerprint density at radius 2 is 2.08 bits per heavy atom. The average Bonchev–Trinajstić information content (AvgIpc) is 2.73. The lowest BCUT2D eigenvalue weighted by atomic mass is 10.1. The predicted octanol–water partition coefficient (Wildman–Crippen LogP) is 2.35. The van der Waals surface area contributed by atoms with E-state index in [2.05, 4.69) is 13.8 Å². The van der Waals surface area contributed by atoms with E-state index in [0.29, 0.717) is 5.92 Å². The van der Waals surface area contributed by atoms with E-state index in [-0.39, 0.29) is 5.60 Å². The molecule has 2 heteroatoms. The summed E-state index contributed by atoms with van der Waals surface area (Å²) in [6.45, 7) is 5.83. The highest BCUT2D eigenvalue weighted by Gasteiger charge is 2.51. The van der Waals surface area contributed by atoms with Crippen molar-refractivity contribution in [1.82, 2.24) is 0 Å². The SMILES string of the molecule is CCCOCCC1(O)CC1CCC. The van der Waals surface area contributed by atoms with Crippen molar-refractivity contribution in [3.8, 4) is 0 Å². The summed E-state index contributed by atoms with van der Waals surface area (Å²) in [6, 6.07) is 0. The molecule has 1 N–H and O–H groups in total. The maximum atomic E-state index is 9.94. The van der Waals surface area contributed by atoms with E-state index in [1.54, 1.807) is 0 Å². The molecule has 1 aliphatic carbocycles. The molecule has 2 atom stereocenters. The lowest BCUT2D eigenvalue weighted by Crippen LogP contribution is -2.14. The molecule has 1 aliphatic rings. The third-order valence-electron chi connectivity index (χ3n) is 2.86. The second-order valence-corrected chi connectivity index (χ2v) is 4.16. The van der Waals surface area contributed by atoms with Gasteiger partial charge >= 0.3 is 0 Å². The molecule has 2 unspecified atom stereocenters. The van der Waals surface area contributed by atoms with Gasteiger partial charge in [0.15, 0.2) is 0 Å². The zero-order valence-electron chi connectivity index (χ0n) is 8.88. The summed E-state index contributed by atoms with van der Waals surface area (Å²) in [5.74, 6) is 0.558. The van der Waals surface area contributed by atoms with Crippen LogP contribution in [-0.4, -0.2) is 23.9 Å². The molecule has 78 valence electrons. The van der Waals surface area contributed by atoms with Gasteiger partial charge in [-0.1, -0.05) is 20.3 Å². The smallest absolute Gasteiger partial charge is 0.0702 e. The molecule has 2 nitrogen and oxygen atoms in total. The highest BCUT2D eigenvalue weighted by molar-refractivity contribution is 5.02. The van der Waals surface area contributed by atoms with Crippen LogP contribution in [-0.2, 0) is 4.74 Å². The minimum Gasteiger partial charge on any atom is -0.389 e. The summed E-state index contributed by atoms with van der Waals surface area (Å²) in [5.41, 5.74) is -0.357. The zero-order valence-corrected chi connectivity index (χ0v) is 8.88. The standard InChI is InChI=1S/C11H22O2/c1-3-5-10-9-11(10,12)6-8-13-7-4-2/h10,12H,3-9H2,1-2H3. The normalized spacial score (nSPS) is 32.1. The van der Waals surface area contributed by atoms with E-state index in [9.17, 15) is 5.11 Å².